The van der Waals surface area contributed by atoms with Crippen LogP contribution in [-0.4, -0.2) is 58.5 Å². The topological polar surface area (TPSA) is 76.2 Å². The van der Waals surface area contributed by atoms with Crippen molar-refractivity contribution in [1.82, 2.24) is 9.80 Å². The Morgan fingerprint density at radius 2 is 1.55 bits per heavy atom. The molecule has 0 saturated carbocycles. The van der Waals surface area contributed by atoms with Gasteiger partial charge in [0.25, 0.3) is 0 Å². The van der Waals surface area contributed by atoms with Gasteiger partial charge in [0.1, 0.15) is 12.2 Å². The van der Waals surface area contributed by atoms with E-state index in [0.29, 0.717) is 13.1 Å². The lowest BCUT2D eigenvalue weighted by Crippen LogP contribution is -2.44. The Hall–Kier alpha value is -2.57. The minimum Gasteiger partial charge on any atom is -0.461 e. The molecule has 0 N–H and O–H groups in total. The molecule has 7 heteroatoms. The van der Waals surface area contributed by atoms with Gasteiger partial charge in [-0.1, -0.05) is 30.3 Å². The third kappa shape index (κ3) is 6.71. The Morgan fingerprint density at radius 1 is 0.935 bits per heavy atom. The molecule has 2 fully saturated rings. The standard InChI is InChI=1S/C24H34N2O5/c1-24(2,3)31-23(29)26-14-8-11-19(26)15-21(27)25-13-7-12-20(25)16-22(28)30-17-18-9-5-4-6-10-18/h4-6,9-10,19-20H,7-8,11-17H2,1-3H3/t19-,20-/m0/s1. The zero-order chi connectivity index (χ0) is 22.4. The smallest absolute Gasteiger partial charge is 0.410 e. The maximum Gasteiger partial charge on any atom is 0.410 e. The molecule has 0 spiro atoms. The molecule has 2 atom stereocenters. The molecule has 0 bridgehead atoms. The van der Waals surface area contributed by atoms with Crippen LogP contribution in [0.25, 0.3) is 0 Å². The van der Waals surface area contributed by atoms with Gasteiger partial charge in [-0.15, -0.1) is 0 Å². The molecule has 2 aliphatic rings. The van der Waals surface area contributed by atoms with Crippen LogP contribution in [0.1, 0.15) is 64.9 Å². The van der Waals surface area contributed by atoms with Crippen molar-refractivity contribution in [3.05, 3.63) is 35.9 Å². The number of rotatable bonds is 6. The van der Waals surface area contributed by atoms with E-state index < -0.39 is 5.60 Å². The highest BCUT2D eigenvalue weighted by atomic mass is 16.6. The monoisotopic (exact) mass is 430 g/mol. The van der Waals surface area contributed by atoms with Gasteiger partial charge in [0.15, 0.2) is 0 Å². The number of amides is 2. The zero-order valence-electron chi connectivity index (χ0n) is 18.8. The molecular formula is C24H34N2O5. The number of esters is 1. The molecule has 2 heterocycles. The van der Waals surface area contributed by atoms with Gasteiger partial charge in [-0.2, -0.15) is 0 Å². The van der Waals surface area contributed by atoms with Crippen LogP contribution in [-0.2, 0) is 25.7 Å². The third-order valence-corrected chi connectivity index (χ3v) is 5.76. The summed E-state index contributed by atoms with van der Waals surface area (Å²) >= 11 is 0. The summed E-state index contributed by atoms with van der Waals surface area (Å²) in [6.07, 6.45) is 3.46. The van der Waals surface area contributed by atoms with Gasteiger partial charge in [0, 0.05) is 31.6 Å². The first-order valence-electron chi connectivity index (χ1n) is 11.2. The molecular weight excluding hydrogens is 396 g/mol. The Morgan fingerprint density at radius 3 is 2.19 bits per heavy atom. The number of hydrogen-bond donors (Lipinski definition) is 0. The number of benzene rings is 1. The minimum atomic E-state index is -0.561. The predicted molar refractivity (Wildman–Crippen MR) is 116 cm³/mol. The first kappa shape index (κ1) is 23.1. The molecule has 31 heavy (non-hydrogen) atoms. The zero-order valence-corrected chi connectivity index (χ0v) is 18.8. The highest BCUT2D eigenvalue weighted by molar-refractivity contribution is 5.80. The van der Waals surface area contributed by atoms with Crippen molar-refractivity contribution < 1.29 is 23.9 Å². The van der Waals surface area contributed by atoms with Crippen LogP contribution in [0.15, 0.2) is 30.3 Å². The summed E-state index contributed by atoms with van der Waals surface area (Å²) < 4.78 is 10.9. The molecule has 2 amide bonds. The van der Waals surface area contributed by atoms with Gasteiger partial charge in [0.2, 0.25) is 5.91 Å². The second-order valence-electron chi connectivity index (χ2n) is 9.41. The van der Waals surface area contributed by atoms with E-state index in [-0.39, 0.29) is 49.5 Å². The summed E-state index contributed by atoms with van der Waals surface area (Å²) in [4.78, 5) is 41.3. The van der Waals surface area contributed by atoms with Gasteiger partial charge >= 0.3 is 12.1 Å². The number of carbonyl (C=O) groups is 3. The van der Waals surface area contributed by atoms with Crippen LogP contribution in [0.4, 0.5) is 4.79 Å². The summed E-state index contributed by atoms with van der Waals surface area (Å²) in [6, 6.07) is 9.28. The SMILES string of the molecule is CC(C)(C)OC(=O)N1CCC[C@H]1CC(=O)N1CCC[C@H]1CC(=O)OCc1ccccc1. The second-order valence-corrected chi connectivity index (χ2v) is 9.41. The average Bonchev–Trinajstić information content (AvgIpc) is 3.35. The third-order valence-electron chi connectivity index (χ3n) is 5.76. The molecule has 2 saturated heterocycles. The largest absolute Gasteiger partial charge is 0.461 e. The lowest BCUT2D eigenvalue weighted by molar-refractivity contribution is -0.147. The maximum absolute atomic E-state index is 13.0. The molecule has 170 valence electrons. The van der Waals surface area contributed by atoms with E-state index in [1.165, 1.54) is 0 Å². The average molecular weight is 431 g/mol. The fourth-order valence-electron chi connectivity index (χ4n) is 4.29. The van der Waals surface area contributed by atoms with Crippen LogP contribution < -0.4 is 0 Å². The van der Waals surface area contributed by atoms with E-state index in [0.717, 1.165) is 31.2 Å². The normalized spacial score (nSPS) is 21.3. The van der Waals surface area contributed by atoms with E-state index in [2.05, 4.69) is 0 Å². The molecule has 1 aromatic rings. The van der Waals surface area contributed by atoms with Crippen LogP contribution >= 0.6 is 0 Å². The lowest BCUT2D eigenvalue weighted by Gasteiger charge is -2.30. The van der Waals surface area contributed by atoms with Crippen molar-refractivity contribution >= 4 is 18.0 Å². The molecule has 0 aliphatic carbocycles. The summed E-state index contributed by atoms with van der Waals surface area (Å²) in [5.41, 5.74) is 0.382. The van der Waals surface area contributed by atoms with Gasteiger partial charge in [0.05, 0.1) is 6.42 Å². The molecule has 2 aliphatic heterocycles. The Balaban J connectivity index is 1.51. The van der Waals surface area contributed by atoms with Crippen molar-refractivity contribution in [1.29, 1.82) is 0 Å². The van der Waals surface area contributed by atoms with Gasteiger partial charge < -0.3 is 19.3 Å². The maximum atomic E-state index is 13.0. The molecule has 1 aromatic carbocycles. The van der Waals surface area contributed by atoms with Crippen molar-refractivity contribution in [3.8, 4) is 0 Å². The summed E-state index contributed by atoms with van der Waals surface area (Å²) in [6.45, 7) is 7.02. The van der Waals surface area contributed by atoms with Gasteiger partial charge in [-0.25, -0.2) is 4.79 Å². The number of ether oxygens (including phenoxy) is 2. The fourth-order valence-corrected chi connectivity index (χ4v) is 4.29. The van der Waals surface area contributed by atoms with E-state index in [1.54, 1.807) is 9.80 Å². The quantitative estimate of drug-likeness (QED) is 0.640. The van der Waals surface area contributed by atoms with Crippen LogP contribution in [0.3, 0.4) is 0 Å². The number of carbonyl (C=O) groups excluding carboxylic acids is 3. The number of likely N-dealkylation sites (tertiary alicyclic amines) is 2. The molecule has 0 radical (unpaired) electrons. The van der Waals surface area contributed by atoms with Crippen LogP contribution in [0.2, 0.25) is 0 Å². The van der Waals surface area contributed by atoms with Gasteiger partial charge in [-0.05, 0) is 52.0 Å². The number of hydrogen-bond acceptors (Lipinski definition) is 5. The first-order valence-corrected chi connectivity index (χ1v) is 11.2. The van der Waals surface area contributed by atoms with E-state index in [9.17, 15) is 14.4 Å². The summed E-state index contributed by atoms with van der Waals surface area (Å²) in [5, 5.41) is 0. The second kappa shape index (κ2) is 10.2. The highest BCUT2D eigenvalue weighted by Crippen LogP contribution is 2.27. The summed E-state index contributed by atoms with van der Waals surface area (Å²) in [7, 11) is 0. The van der Waals surface area contributed by atoms with Crippen molar-refractivity contribution in [3.63, 3.8) is 0 Å². The van der Waals surface area contributed by atoms with E-state index >= 15 is 0 Å². The first-order chi connectivity index (χ1) is 14.7. The van der Waals surface area contributed by atoms with Crippen molar-refractivity contribution in [2.45, 2.75) is 83.6 Å². The molecule has 3 rings (SSSR count). The Bertz CT molecular complexity index is 774. The fraction of sp³-hybridized carbons (Fsp3) is 0.625. The highest BCUT2D eigenvalue weighted by Gasteiger charge is 2.37. The summed E-state index contributed by atoms with van der Waals surface area (Å²) in [5.74, 6) is -0.288. The van der Waals surface area contributed by atoms with Crippen LogP contribution in [0, 0.1) is 0 Å². The minimum absolute atomic E-state index is 0.00109. The van der Waals surface area contributed by atoms with Gasteiger partial charge in [-0.3, -0.25) is 9.59 Å². The van der Waals surface area contributed by atoms with Crippen molar-refractivity contribution in [2.24, 2.45) is 0 Å². The van der Waals surface area contributed by atoms with Crippen molar-refractivity contribution in [2.75, 3.05) is 13.1 Å². The Kier molecular flexibility index (Phi) is 7.57. The van der Waals surface area contributed by atoms with Crippen LogP contribution in [0.5, 0.6) is 0 Å². The van der Waals surface area contributed by atoms with E-state index in [1.807, 2.05) is 51.1 Å². The molecule has 0 aromatic heterocycles. The number of nitrogens with zero attached hydrogens (tertiary/aromatic N) is 2. The van der Waals surface area contributed by atoms with E-state index in [4.69, 9.17) is 9.47 Å². The molecule has 7 nitrogen and oxygen atoms in total. The Labute approximate surface area is 184 Å². The lowest BCUT2D eigenvalue weighted by atomic mass is 10.1. The predicted octanol–water partition coefficient (Wildman–Crippen LogP) is 3.90. The molecule has 0 unspecified atom stereocenters.